The third kappa shape index (κ3) is 1.40. The Kier molecular flexibility index (Phi) is 1.92. The summed E-state index contributed by atoms with van der Waals surface area (Å²) in [5, 5.41) is 8.83. The van der Waals surface area contributed by atoms with Gasteiger partial charge in [-0.3, -0.25) is 0 Å². The van der Waals surface area contributed by atoms with E-state index in [9.17, 15) is 0 Å². The third-order valence-corrected chi connectivity index (χ3v) is 3.86. The number of nitriles is 1. The number of hydrogen-bond donors (Lipinski definition) is 0. The minimum absolute atomic E-state index is 0.143. The molecule has 0 N–H and O–H groups in total. The van der Waals surface area contributed by atoms with Crippen LogP contribution in [0, 0.1) is 11.3 Å². The Morgan fingerprint density at radius 2 is 2.33 bits per heavy atom. The van der Waals surface area contributed by atoms with Crippen molar-refractivity contribution < 1.29 is 4.74 Å². The monoisotopic (exact) mass is 263 g/mol. The molecule has 2 atom stereocenters. The molecule has 0 radical (unpaired) electrons. The molecule has 1 spiro atoms. The van der Waals surface area contributed by atoms with Crippen LogP contribution in [0.1, 0.15) is 17.5 Å². The zero-order valence-electron chi connectivity index (χ0n) is 8.16. The lowest BCUT2D eigenvalue weighted by molar-refractivity contribution is 0.274. The number of benzene rings is 1. The molecule has 0 saturated carbocycles. The minimum atomic E-state index is -0.172. The van der Waals surface area contributed by atoms with Crippen LogP contribution in [0.2, 0.25) is 0 Å². The quantitative estimate of drug-likeness (QED) is 0.675. The molecule has 0 bridgehead atoms. The molecule has 0 aromatic heterocycles. The van der Waals surface area contributed by atoms with Crippen LogP contribution in [0.3, 0.4) is 0 Å². The van der Waals surface area contributed by atoms with Gasteiger partial charge in [0.15, 0.2) is 6.10 Å². The van der Waals surface area contributed by atoms with Crippen LogP contribution in [0.25, 0.3) is 0 Å². The Labute approximate surface area is 97.0 Å². The molecule has 15 heavy (non-hydrogen) atoms. The molecule has 1 saturated heterocycles. The number of ether oxygens (including phenoxy) is 1. The highest BCUT2D eigenvalue weighted by Crippen LogP contribution is 2.46. The van der Waals surface area contributed by atoms with Crippen molar-refractivity contribution in [1.29, 1.82) is 5.26 Å². The number of fused-ring (bicyclic) bond motifs is 1. The van der Waals surface area contributed by atoms with Crippen LogP contribution in [0.5, 0.6) is 0 Å². The van der Waals surface area contributed by atoms with Crippen molar-refractivity contribution in [3.8, 4) is 6.07 Å². The summed E-state index contributed by atoms with van der Waals surface area (Å²) in [6.45, 7) is 0. The van der Waals surface area contributed by atoms with Gasteiger partial charge in [0, 0.05) is 10.9 Å². The first-order chi connectivity index (χ1) is 7.23. The highest BCUT2D eigenvalue weighted by molar-refractivity contribution is 9.10. The zero-order chi connectivity index (χ0) is 10.5. The topological polar surface area (TPSA) is 36.3 Å². The third-order valence-electron chi connectivity index (χ3n) is 3.37. The van der Waals surface area contributed by atoms with Crippen molar-refractivity contribution in [3.05, 3.63) is 33.8 Å². The van der Waals surface area contributed by atoms with E-state index >= 15 is 0 Å². The lowest BCUT2D eigenvalue weighted by Crippen LogP contribution is -2.24. The molecule has 2 nitrogen and oxygen atoms in total. The Morgan fingerprint density at radius 3 is 3.07 bits per heavy atom. The highest BCUT2D eigenvalue weighted by atomic mass is 79.9. The molecular weight excluding hydrogens is 254 g/mol. The second-order valence-electron chi connectivity index (χ2n) is 4.28. The first-order valence-corrected chi connectivity index (χ1v) is 5.88. The van der Waals surface area contributed by atoms with Gasteiger partial charge >= 0.3 is 0 Å². The lowest BCUT2D eigenvalue weighted by Gasteiger charge is -2.21. The summed E-state index contributed by atoms with van der Waals surface area (Å²) in [6, 6.07) is 8.58. The van der Waals surface area contributed by atoms with Crippen LogP contribution in [-0.2, 0) is 17.6 Å². The van der Waals surface area contributed by atoms with Gasteiger partial charge in [0.25, 0.3) is 0 Å². The van der Waals surface area contributed by atoms with Gasteiger partial charge in [-0.15, -0.1) is 0 Å². The Morgan fingerprint density at radius 1 is 1.47 bits per heavy atom. The molecule has 3 heteroatoms. The van der Waals surface area contributed by atoms with Gasteiger partial charge in [-0.25, -0.2) is 0 Å². The zero-order valence-corrected chi connectivity index (χ0v) is 9.75. The van der Waals surface area contributed by atoms with E-state index in [0.717, 1.165) is 23.7 Å². The fourth-order valence-electron chi connectivity index (χ4n) is 2.43. The number of hydrogen-bond acceptors (Lipinski definition) is 2. The predicted octanol–water partition coefficient (Wildman–Crippen LogP) is 2.60. The van der Waals surface area contributed by atoms with Gasteiger partial charge in [-0.2, -0.15) is 5.26 Å². The molecule has 1 aliphatic carbocycles. The summed E-state index contributed by atoms with van der Waals surface area (Å²) >= 11 is 3.48. The van der Waals surface area contributed by atoms with E-state index in [1.807, 2.05) is 0 Å². The Balaban J connectivity index is 1.92. The van der Waals surface area contributed by atoms with E-state index in [1.54, 1.807) is 0 Å². The molecule has 1 aromatic carbocycles. The first-order valence-electron chi connectivity index (χ1n) is 5.08. The molecular formula is C12H10BrNO. The fourth-order valence-corrected chi connectivity index (χ4v) is 2.83. The second kappa shape index (κ2) is 3.07. The molecule has 0 amide bonds. The van der Waals surface area contributed by atoms with Crippen LogP contribution < -0.4 is 0 Å². The summed E-state index contributed by atoms with van der Waals surface area (Å²) < 4.78 is 6.64. The second-order valence-corrected chi connectivity index (χ2v) is 5.20. The van der Waals surface area contributed by atoms with Crippen LogP contribution in [0.4, 0.5) is 0 Å². The average Bonchev–Trinajstić information content (AvgIpc) is 2.92. The predicted molar refractivity (Wildman–Crippen MR) is 59.4 cm³/mol. The summed E-state index contributed by atoms with van der Waals surface area (Å²) in [6.07, 6.45) is 2.73. The van der Waals surface area contributed by atoms with Gasteiger partial charge < -0.3 is 4.74 Å². The van der Waals surface area contributed by atoms with Crippen molar-refractivity contribution >= 4 is 15.9 Å². The summed E-state index contributed by atoms with van der Waals surface area (Å²) in [7, 11) is 0. The largest absolute Gasteiger partial charge is 0.350 e. The Hall–Kier alpha value is -0.850. The molecule has 76 valence electrons. The van der Waals surface area contributed by atoms with Crippen LogP contribution in [-0.4, -0.2) is 11.7 Å². The van der Waals surface area contributed by atoms with Gasteiger partial charge in [-0.1, -0.05) is 22.0 Å². The Bertz CT molecular complexity index is 465. The van der Waals surface area contributed by atoms with E-state index in [2.05, 4.69) is 40.2 Å². The van der Waals surface area contributed by atoms with E-state index in [1.165, 1.54) is 11.1 Å². The maximum atomic E-state index is 8.83. The van der Waals surface area contributed by atoms with Crippen LogP contribution >= 0.6 is 15.9 Å². The van der Waals surface area contributed by atoms with Crippen molar-refractivity contribution in [3.63, 3.8) is 0 Å². The smallest absolute Gasteiger partial charge is 0.174 e. The van der Waals surface area contributed by atoms with Gasteiger partial charge in [0.2, 0.25) is 0 Å². The number of halogens is 1. The molecule has 2 unspecified atom stereocenters. The minimum Gasteiger partial charge on any atom is -0.350 e. The average molecular weight is 264 g/mol. The van der Waals surface area contributed by atoms with E-state index in [4.69, 9.17) is 10.00 Å². The first kappa shape index (κ1) is 9.38. The highest BCUT2D eigenvalue weighted by Gasteiger charge is 2.57. The maximum Gasteiger partial charge on any atom is 0.174 e. The number of epoxide rings is 1. The van der Waals surface area contributed by atoms with E-state index in [-0.39, 0.29) is 11.7 Å². The van der Waals surface area contributed by atoms with E-state index in [0.29, 0.717) is 0 Å². The SMILES string of the molecule is N#CC1OC12CCc1cc(Br)ccc1C2. The molecule has 1 fully saturated rings. The summed E-state index contributed by atoms with van der Waals surface area (Å²) in [5.74, 6) is 0. The number of nitrogens with zero attached hydrogens (tertiary/aromatic N) is 1. The normalized spacial score (nSPS) is 32.1. The molecule has 1 aromatic rings. The van der Waals surface area contributed by atoms with Gasteiger partial charge in [0.1, 0.15) is 5.60 Å². The lowest BCUT2D eigenvalue weighted by atomic mass is 9.82. The fraction of sp³-hybridized carbons (Fsp3) is 0.417. The molecule has 1 aliphatic heterocycles. The van der Waals surface area contributed by atoms with E-state index < -0.39 is 0 Å². The number of aryl methyl sites for hydroxylation is 1. The molecule has 2 aliphatic rings. The van der Waals surface area contributed by atoms with Crippen molar-refractivity contribution in [1.82, 2.24) is 0 Å². The van der Waals surface area contributed by atoms with Crippen molar-refractivity contribution in [2.45, 2.75) is 31.0 Å². The number of rotatable bonds is 0. The maximum absolute atomic E-state index is 8.83. The van der Waals surface area contributed by atoms with Crippen molar-refractivity contribution in [2.24, 2.45) is 0 Å². The summed E-state index contributed by atoms with van der Waals surface area (Å²) in [5.41, 5.74) is 2.58. The van der Waals surface area contributed by atoms with Crippen molar-refractivity contribution in [2.75, 3.05) is 0 Å². The molecule has 3 rings (SSSR count). The molecule has 1 heterocycles. The van der Waals surface area contributed by atoms with Gasteiger partial charge in [0.05, 0.1) is 6.07 Å². The standard InChI is InChI=1S/C12H10BrNO/c13-10-2-1-9-6-12(11(7-14)15-12)4-3-8(9)5-10/h1-2,5,11H,3-4,6H2. The van der Waals surface area contributed by atoms with Crippen LogP contribution in [0.15, 0.2) is 22.7 Å². The van der Waals surface area contributed by atoms with Gasteiger partial charge in [-0.05, 0) is 36.1 Å². The summed E-state index contributed by atoms with van der Waals surface area (Å²) in [4.78, 5) is 0.